The second kappa shape index (κ2) is 12.6. The van der Waals surface area contributed by atoms with Gasteiger partial charge in [0.25, 0.3) is 5.91 Å². The topological polar surface area (TPSA) is 134 Å². The van der Waals surface area contributed by atoms with Crippen LogP contribution in [0, 0.1) is 0 Å². The van der Waals surface area contributed by atoms with Gasteiger partial charge >= 0.3 is 6.03 Å². The summed E-state index contributed by atoms with van der Waals surface area (Å²) in [7, 11) is 0. The van der Waals surface area contributed by atoms with Gasteiger partial charge < -0.3 is 26.4 Å². The predicted molar refractivity (Wildman–Crippen MR) is 139 cm³/mol. The molecular formula is C26H31N7O3. The third-order valence-corrected chi connectivity index (χ3v) is 5.93. The molecule has 4 rings (SSSR count). The first-order valence-electron chi connectivity index (χ1n) is 12.0. The maximum Gasteiger partial charge on any atom is 0.319 e. The van der Waals surface area contributed by atoms with Crippen molar-refractivity contribution in [2.75, 3.05) is 49.2 Å². The van der Waals surface area contributed by atoms with Gasteiger partial charge in [-0.2, -0.15) is 0 Å². The number of carbonyl (C=O) groups is 2. The maximum atomic E-state index is 12.7. The fraction of sp³-hybridized carbons (Fsp3) is 0.308. The summed E-state index contributed by atoms with van der Waals surface area (Å²) in [6, 6.07) is 13.4. The highest BCUT2D eigenvalue weighted by Gasteiger charge is 2.18. The summed E-state index contributed by atoms with van der Waals surface area (Å²) in [5, 5.41) is 8.62. The number of hydrogen-bond donors (Lipinski definition) is 4. The molecule has 2 aromatic heterocycles. The minimum atomic E-state index is -0.356. The number of pyridine rings is 2. The number of carbonyl (C=O) groups excluding carboxylic acids is 2. The van der Waals surface area contributed by atoms with Crippen molar-refractivity contribution >= 4 is 29.0 Å². The molecule has 0 radical (unpaired) electrons. The Morgan fingerprint density at radius 2 is 1.86 bits per heavy atom. The number of nitrogens with two attached hydrogens (primary N) is 1. The smallest absolute Gasteiger partial charge is 0.319 e. The second-order valence-corrected chi connectivity index (χ2v) is 8.51. The Morgan fingerprint density at radius 3 is 2.58 bits per heavy atom. The van der Waals surface area contributed by atoms with Crippen LogP contribution in [0.25, 0.3) is 0 Å². The van der Waals surface area contributed by atoms with Gasteiger partial charge in [0.2, 0.25) is 0 Å². The first-order chi connectivity index (χ1) is 17.6. The second-order valence-electron chi connectivity index (χ2n) is 8.51. The molecule has 1 aliphatic heterocycles. The van der Waals surface area contributed by atoms with Gasteiger partial charge in [0.05, 0.1) is 42.5 Å². The van der Waals surface area contributed by atoms with Crippen LogP contribution in [-0.4, -0.2) is 59.7 Å². The Kier molecular flexibility index (Phi) is 8.79. The third-order valence-electron chi connectivity index (χ3n) is 5.93. The number of nitrogens with zero attached hydrogens (tertiary/aromatic N) is 3. The summed E-state index contributed by atoms with van der Waals surface area (Å²) >= 11 is 0. The first-order valence-corrected chi connectivity index (χ1v) is 12.0. The lowest BCUT2D eigenvalue weighted by Crippen LogP contribution is -2.37. The standard InChI is InChI=1S/C26H31N7O3/c27-21-6-1-2-7-23(21)31-25(34)24-10-9-19(17-29-24)22(8-4-12-33-13-15-36-16-14-33)32-26(35)30-20-5-3-11-28-18-20/h1-3,5-7,9-11,17-18,22H,4,8,12-16,27H2,(H,31,34)(H2,30,32,35). The van der Waals surface area contributed by atoms with Crippen LogP contribution in [0.5, 0.6) is 0 Å². The average Bonchev–Trinajstić information content (AvgIpc) is 2.91. The van der Waals surface area contributed by atoms with Crippen LogP contribution in [0.15, 0.2) is 67.1 Å². The van der Waals surface area contributed by atoms with Crippen LogP contribution in [0.2, 0.25) is 0 Å². The molecule has 0 spiro atoms. The Bertz CT molecular complexity index is 1140. The van der Waals surface area contributed by atoms with Gasteiger partial charge in [0, 0.05) is 25.5 Å². The number of hydrogen-bond acceptors (Lipinski definition) is 7. The maximum absolute atomic E-state index is 12.7. The Labute approximate surface area is 210 Å². The highest BCUT2D eigenvalue weighted by Crippen LogP contribution is 2.21. The van der Waals surface area contributed by atoms with E-state index in [2.05, 4.69) is 30.8 Å². The van der Waals surface area contributed by atoms with E-state index >= 15 is 0 Å². The van der Waals surface area contributed by atoms with Crippen molar-refractivity contribution in [1.29, 1.82) is 0 Å². The van der Waals surface area contributed by atoms with E-state index in [1.165, 1.54) is 0 Å². The van der Waals surface area contributed by atoms with E-state index in [0.29, 0.717) is 23.5 Å². The third kappa shape index (κ3) is 7.24. The lowest BCUT2D eigenvalue weighted by molar-refractivity contribution is 0.0369. The minimum Gasteiger partial charge on any atom is -0.397 e. The molecule has 10 heteroatoms. The average molecular weight is 490 g/mol. The van der Waals surface area contributed by atoms with Crippen LogP contribution < -0.4 is 21.7 Å². The molecule has 1 aromatic carbocycles. The van der Waals surface area contributed by atoms with E-state index in [4.69, 9.17) is 10.5 Å². The van der Waals surface area contributed by atoms with Crippen molar-refractivity contribution in [3.63, 3.8) is 0 Å². The van der Waals surface area contributed by atoms with Crippen LogP contribution in [0.1, 0.15) is 34.9 Å². The van der Waals surface area contributed by atoms with E-state index in [1.807, 2.05) is 6.07 Å². The van der Waals surface area contributed by atoms with Gasteiger partial charge in [0.1, 0.15) is 5.69 Å². The van der Waals surface area contributed by atoms with Crippen molar-refractivity contribution in [2.24, 2.45) is 0 Å². The number of para-hydroxylation sites is 2. The predicted octanol–water partition coefficient (Wildman–Crippen LogP) is 3.29. The summed E-state index contributed by atoms with van der Waals surface area (Å²) in [6.45, 7) is 4.24. The zero-order valence-corrected chi connectivity index (χ0v) is 20.0. The Hall–Kier alpha value is -4.02. The SMILES string of the molecule is Nc1ccccc1NC(=O)c1ccc(C(CCCN2CCOCC2)NC(=O)Nc2cccnc2)cn1. The molecule has 0 aliphatic carbocycles. The minimum absolute atomic E-state index is 0.258. The van der Waals surface area contributed by atoms with E-state index in [0.717, 1.165) is 44.8 Å². The summed E-state index contributed by atoms with van der Waals surface area (Å²) < 4.78 is 5.42. The summed E-state index contributed by atoms with van der Waals surface area (Å²) in [5.74, 6) is -0.356. The number of urea groups is 1. The number of benzene rings is 1. The summed E-state index contributed by atoms with van der Waals surface area (Å²) in [4.78, 5) is 36.1. The monoisotopic (exact) mass is 489 g/mol. The number of rotatable bonds is 9. The molecule has 0 saturated carbocycles. The Morgan fingerprint density at radius 1 is 1.03 bits per heavy atom. The van der Waals surface area contributed by atoms with Gasteiger partial charge in [-0.25, -0.2) is 4.79 Å². The first kappa shape index (κ1) is 25.1. The molecule has 10 nitrogen and oxygen atoms in total. The normalized spacial score (nSPS) is 14.6. The molecule has 1 atom stereocenters. The number of anilines is 3. The Balaban J connectivity index is 1.41. The number of ether oxygens (including phenoxy) is 1. The molecule has 5 N–H and O–H groups in total. The van der Waals surface area contributed by atoms with Crippen LogP contribution >= 0.6 is 0 Å². The molecule has 0 bridgehead atoms. The van der Waals surface area contributed by atoms with E-state index in [9.17, 15) is 9.59 Å². The van der Waals surface area contributed by atoms with Crippen LogP contribution in [0.3, 0.4) is 0 Å². The fourth-order valence-electron chi connectivity index (χ4n) is 3.97. The molecule has 1 aliphatic rings. The van der Waals surface area contributed by atoms with E-state index < -0.39 is 0 Å². The van der Waals surface area contributed by atoms with E-state index in [1.54, 1.807) is 61.1 Å². The highest BCUT2D eigenvalue weighted by atomic mass is 16.5. The molecule has 1 fully saturated rings. The number of aromatic nitrogens is 2. The zero-order valence-electron chi connectivity index (χ0n) is 20.0. The van der Waals surface area contributed by atoms with Crippen molar-refractivity contribution < 1.29 is 14.3 Å². The van der Waals surface area contributed by atoms with Gasteiger partial charge in [-0.1, -0.05) is 18.2 Å². The van der Waals surface area contributed by atoms with Gasteiger partial charge in [-0.15, -0.1) is 0 Å². The van der Waals surface area contributed by atoms with Crippen molar-refractivity contribution in [2.45, 2.75) is 18.9 Å². The van der Waals surface area contributed by atoms with Gasteiger partial charge in [0.15, 0.2) is 0 Å². The molecular weight excluding hydrogens is 458 g/mol. The molecule has 3 amide bonds. The fourth-order valence-corrected chi connectivity index (χ4v) is 3.97. The molecule has 36 heavy (non-hydrogen) atoms. The van der Waals surface area contributed by atoms with Crippen LogP contribution in [-0.2, 0) is 4.74 Å². The van der Waals surface area contributed by atoms with Gasteiger partial charge in [-0.05, 0) is 55.3 Å². The van der Waals surface area contributed by atoms with Crippen LogP contribution in [0.4, 0.5) is 21.9 Å². The van der Waals surface area contributed by atoms with Crippen molar-refractivity contribution in [3.8, 4) is 0 Å². The lowest BCUT2D eigenvalue weighted by atomic mass is 10.0. The number of nitrogens with one attached hydrogen (secondary N) is 3. The van der Waals surface area contributed by atoms with Gasteiger partial charge in [-0.3, -0.25) is 19.7 Å². The molecule has 1 unspecified atom stereocenters. The van der Waals surface area contributed by atoms with Crippen molar-refractivity contribution in [3.05, 3.63) is 78.4 Å². The largest absolute Gasteiger partial charge is 0.397 e. The summed E-state index contributed by atoms with van der Waals surface area (Å²) in [5.41, 5.74) is 8.60. The van der Waals surface area contributed by atoms with E-state index in [-0.39, 0.29) is 23.7 Å². The number of nitrogen functional groups attached to an aromatic ring is 1. The summed E-state index contributed by atoms with van der Waals surface area (Å²) in [6.07, 6.45) is 6.46. The quantitative estimate of drug-likeness (QED) is 0.339. The molecule has 188 valence electrons. The molecule has 1 saturated heterocycles. The zero-order chi connectivity index (χ0) is 25.2. The molecule has 3 aromatic rings. The number of amides is 3. The lowest BCUT2D eigenvalue weighted by Gasteiger charge is -2.27. The number of morpholine rings is 1. The molecule has 3 heterocycles. The van der Waals surface area contributed by atoms with Crippen molar-refractivity contribution in [1.82, 2.24) is 20.2 Å². The highest BCUT2D eigenvalue weighted by molar-refractivity contribution is 6.04.